The van der Waals surface area contributed by atoms with E-state index in [4.69, 9.17) is 4.74 Å². The fourth-order valence-electron chi connectivity index (χ4n) is 2.02. The second-order valence-corrected chi connectivity index (χ2v) is 4.67. The van der Waals surface area contributed by atoms with Gasteiger partial charge in [-0.2, -0.15) is 0 Å². The molecule has 0 aliphatic carbocycles. The van der Waals surface area contributed by atoms with Gasteiger partial charge in [0.05, 0.1) is 6.10 Å². The van der Waals surface area contributed by atoms with Gasteiger partial charge in [-0.3, -0.25) is 14.6 Å². The summed E-state index contributed by atoms with van der Waals surface area (Å²) in [6.07, 6.45) is 4.29. The lowest BCUT2D eigenvalue weighted by molar-refractivity contribution is -0.139. The van der Waals surface area contributed by atoms with Gasteiger partial charge < -0.3 is 15.4 Å². The maximum absolute atomic E-state index is 11.6. The third-order valence-electron chi connectivity index (χ3n) is 3.11. The first-order valence-electron chi connectivity index (χ1n) is 6.83. The highest BCUT2D eigenvalue weighted by molar-refractivity contribution is 6.35. The minimum absolute atomic E-state index is 0.0419. The van der Waals surface area contributed by atoms with Gasteiger partial charge in [0.15, 0.2) is 0 Å². The average Bonchev–Trinajstić information content (AvgIpc) is 2.99. The molecule has 1 aromatic rings. The highest BCUT2D eigenvalue weighted by Crippen LogP contribution is 2.10. The summed E-state index contributed by atoms with van der Waals surface area (Å²) in [5.41, 5.74) is 0.882. The van der Waals surface area contributed by atoms with E-state index in [1.54, 1.807) is 6.20 Å². The van der Waals surface area contributed by atoms with Crippen molar-refractivity contribution in [3.63, 3.8) is 0 Å². The Kier molecular flexibility index (Phi) is 5.49. The number of ether oxygens (including phenoxy) is 1. The summed E-state index contributed by atoms with van der Waals surface area (Å²) in [4.78, 5) is 27.2. The van der Waals surface area contributed by atoms with E-state index in [1.807, 2.05) is 18.2 Å². The predicted octanol–water partition coefficient (Wildman–Crippen LogP) is 0.0355. The van der Waals surface area contributed by atoms with E-state index in [2.05, 4.69) is 15.6 Å². The van der Waals surface area contributed by atoms with Crippen LogP contribution in [0.2, 0.25) is 0 Å². The SMILES string of the molecule is O=C(NCCc1ccccn1)C(=O)NC[C@@H]1CCCO1. The molecule has 0 radical (unpaired) electrons. The highest BCUT2D eigenvalue weighted by atomic mass is 16.5. The van der Waals surface area contributed by atoms with Crippen LogP contribution in [0.15, 0.2) is 24.4 Å². The van der Waals surface area contributed by atoms with Crippen LogP contribution in [0, 0.1) is 0 Å². The van der Waals surface area contributed by atoms with Crippen LogP contribution in [0.25, 0.3) is 0 Å². The van der Waals surface area contributed by atoms with E-state index in [0.717, 1.165) is 25.1 Å². The number of nitrogens with zero attached hydrogens (tertiary/aromatic N) is 1. The molecule has 20 heavy (non-hydrogen) atoms. The first kappa shape index (κ1) is 14.5. The molecule has 1 aromatic heterocycles. The van der Waals surface area contributed by atoms with Crippen molar-refractivity contribution in [2.75, 3.05) is 19.7 Å². The first-order valence-corrected chi connectivity index (χ1v) is 6.83. The molecule has 0 bridgehead atoms. The summed E-state index contributed by atoms with van der Waals surface area (Å²) in [7, 11) is 0. The molecule has 2 heterocycles. The van der Waals surface area contributed by atoms with Crippen molar-refractivity contribution >= 4 is 11.8 Å². The lowest BCUT2D eigenvalue weighted by Crippen LogP contribution is -2.43. The van der Waals surface area contributed by atoms with Crippen LogP contribution < -0.4 is 10.6 Å². The molecule has 0 unspecified atom stereocenters. The normalized spacial score (nSPS) is 17.7. The molecule has 108 valence electrons. The second kappa shape index (κ2) is 7.59. The maximum atomic E-state index is 11.6. The Morgan fingerprint density at radius 2 is 2.15 bits per heavy atom. The van der Waals surface area contributed by atoms with E-state index >= 15 is 0 Å². The summed E-state index contributed by atoms with van der Waals surface area (Å²) in [6.45, 7) is 1.52. The molecule has 1 aliphatic heterocycles. The lowest BCUT2D eigenvalue weighted by Gasteiger charge is -2.10. The molecule has 2 N–H and O–H groups in total. The van der Waals surface area contributed by atoms with Crippen molar-refractivity contribution in [2.24, 2.45) is 0 Å². The molecular weight excluding hydrogens is 258 g/mol. The van der Waals surface area contributed by atoms with Gasteiger partial charge >= 0.3 is 11.8 Å². The van der Waals surface area contributed by atoms with Gasteiger partial charge in [0, 0.05) is 38.0 Å². The third kappa shape index (κ3) is 4.62. The standard InChI is InChI=1S/C14H19N3O3/c18-13(14(19)17-10-12-5-3-9-20-12)16-8-6-11-4-1-2-7-15-11/h1-2,4,7,12H,3,5-6,8-10H2,(H,16,18)(H,17,19)/t12-/m0/s1. The number of nitrogens with one attached hydrogen (secondary N) is 2. The van der Waals surface area contributed by atoms with Crippen molar-refractivity contribution in [3.8, 4) is 0 Å². The molecule has 0 spiro atoms. The molecule has 2 rings (SSSR count). The van der Waals surface area contributed by atoms with Crippen LogP contribution in [0.1, 0.15) is 18.5 Å². The minimum Gasteiger partial charge on any atom is -0.376 e. The van der Waals surface area contributed by atoms with Crippen LogP contribution in [0.3, 0.4) is 0 Å². The van der Waals surface area contributed by atoms with E-state index in [1.165, 1.54) is 0 Å². The number of hydrogen-bond acceptors (Lipinski definition) is 4. The fourth-order valence-corrected chi connectivity index (χ4v) is 2.02. The highest BCUT2D eigenvalue weighted by Gasteiger charge is 2.18. The zero-order valence-electron chi connectivity index (χ0n) is 11.3. The van der Waals surface area contributed by atoms with Gasteiger partial charge in [0.2, 0.25) is 0 Å². The Bertz CT molecular complexity index is 444. The molecule has 1 fully saturated rings. The fraction of sp³-hybridized carbons (Fsp3) is 0.500. The van der Waals surface area contributed by atoms with Crippen LogP contribution in [-0.4, -0.2) is 42.6 Å². The Morgan fingerprint density at radius 3 is 2.85 bits per heavy atom. The number of amides is 2. The first-order chi connectivity index (χ1) is 9.75. The Morgan fingerprint density at radius 1 is 1.30 bits per heavy atom. The number of rotatable bonds is 5. The van der Waals surface area contributed by atoms with Crippen molar-refractivity contribution < 1.29 is 14.3 Å². The molecule has 1 aliphatic rings. The Balaban J connectivity index is 1.62. The smallest absolute Gasteiger partial charge is 0.309 e. The summed E-state index contributed by atoms with van der Waals surface area (Å²) in [5, 5.41) is 5.16. The largest absolute Gasteiger partial charge is 0.376 e. The number of aromatic nitrogens is 1. The maximum Gasteiger partial charge on any atom is 0.309 e. The lowest BCUT2D eigenvalue weighted by atomic mass is 10.2. The van der Waals surface area contributed by atoms with Gasteiger partial charge in [-0.15, -0.1) is 0 Å². The molecular formula is C14H19N3O3. The van der Waals surface area contributed by atoms with E-state index in [9.17, 15) is 9.59 Å². The van der Waals surface area contributed by atoms with E-state index in [-0.39, 0.29) is 6.10 Å². The van der Waals surface area contributed by atoms with Crippen molar-refractivity contribution in [2.45, 2.75) is 25.4 Å². The van der Waals surface area contributed by atoms with Gasteiger partial charge in [-0.1, -0.05) is 6.07 Å². The molecule has 1 atom stereocenters. The zero-order chi connectivity index (χ0) is 14.2. The monoisotopic (exact) mass is 277 g/mol. The third-order valence-corrected chi connectivity index (χ3v) is 3.11. The van der Waals surface area contributed by atoms with Crippen molar-refractivity contribution in [1.29, 1.82) is 0 Å². The van der Waals surface area contributed by atoms with Crippen LogP contribution in [-0.2, 0) is 20.7 Å². The molecule has 0 saturated carbocycles. The van der Waals surface area contributed by atoms with Gasteiger partial charge in [-0.05, 0) is 25.0 Å². The van der Waals surface area contributed by atoms with Crippen LogP contribution in [0.5, 0.6) is 0 Å². The topological polar surface area (TPSA) is 80.3 Å². The summed E-state index contributed by atoms with van der Waals surface area (Å²) in [5.74, 6) is -1.22. The average molecular weight is 277 g/mol. The van der Waals surface area contributed by atoms with Crippen molar-refractivity contribution in [3.05, 3.63) is 30.1 Å². The molecule has 2 amide bonds. The number of hydrogen-bond donors (Lipinski definition) is 2. The molecule has 1 saturated heterocycles. The van der Waals surface area contributed by atoms with Gasteiger partial charge in [-0.25, -0.2) is 0 Å². The van der Waals surface area contributed by atoms with E-state index in [0.29, 0.717) is 19.5 Å². The van der Waals surface area contributed by atoms with Gasteiger partial charge in [0.25, 0.3) is 0 Å². The van der Waals surface area contributed by atoms with Crippen LogP contribution >= 0.6 is 0 Å². The number of pyridine rings is 1. The summed E-state index contributed by atoms with van der Waals surface area (Å²) in [6, 6.07) is 5.60. The molecule has 6 heteroatoms. The van der Waals surface area contributed by atoms with Crippen molar-refractivity contribution in [1.82, 2.24) is 15.6 Å². The Hall–Kier alpha value is -1.95. The number of carbonyl (C=O) groups is 2. The van der Waals surface area contributed by atoms with Crippen LogP contribution in [0.4, 0.5) is 0 Å². The minimum atomic E-state index is -0.612. The van der Waals surface area contributed by atoms with E-state index < -0.39 is 11.8 Å². The van der Waals surface area contributed by atoms with Gasteiger partial charge in [0.1, 0.15) is 0 Å². The Labute approximate surface area is 117 Å². The zero-order valence-corrected chi connectivity index (χ0v) is 11.3. The predicted molar refractivity (Wildman–Crippen MR) is 72.9 cm³/mol. The summed E-state index contributed by atoms with van der Waals surface area (Å²) < 4.78 is 5.37. The second-order valence-electron chi connectivity index (χ2n) is 4.67. The quantitative estimate of drug-likeness (QED) is 0.744. The summed E-state index contributed by atoms with van der Waals surface area (Å²) >= 11 is 0. The molecule has 0 aromatic carbocycles. The molecule has 6 nitrogen and oxygen atoms in total. The number of carbonyl (C=O) groups excluding carboxylic acids is 2.